The fourth-order valence-electron chi connectivity index (χ4n) is 7.52. The Balaban J connectivity index is 3.44. The van der Waals surface area contributed by atoms with E-state index in [0.29, 0.717) is 24.9 Å². The Morgan fingerprint density at radius 1 is 0.556 bits per heavy atom. The molecule has 0 saturated carbocycles. The second kappa shape index (κ2) is 32.6. The Morgan fingerprint density at radius 3 is 1.43 bits per heavy atom. The molecule has 0 bridgehead atoms. The van der Waals surface area contributed by atoms with Gasteiger partial charge in [-0.25, -0.2) is 0 Å². The third-order valence-corrected chi connectivity index (χ3v) is 11.3. The van der Waals surface area contributed by atoms with Gasteiger partial charge < -0.3 is 70.6 Å². The molecule has 1 aromatic rings. The number of nitrogens with zero attached hydrogens (tertiary/aromatic N) is 1. The highest BCUT2D eigenvalue weighted by Crippen LogP contribution is 2.14. The molecule has 0 heterocycles. The monoisotopic (exact) mass is 1010 g/mol. The number of benzene rings is 1. The number of hydrogen-bond donors (Lipinski definition) is 14. The van der Waals surface area contributed by atoms with Crippen LogP contribution in [0, 0.1) is 29.1 Å². The highest BCUT2D eigenvalue weighted by Gasteiger charge is 2.36. The van der Waals surface area contributed by atoms with Crippen molar-refractivity contribution in [3.05, 3.63) is 35.4 Å². The molecule has 72 heavy (non-hydrogen) atoms. The third kappa shape index (κ3) is 24.7. The van der Waals surface area contributed by atoms with Gasteiger partial charge in [-0.1, -0.05) is 79.7 Å². The van der Waals surface area contributed by atoms with Gasteiger partial charge >= 0.3 is 0 Å². The minimum absolute atomic E-state index is 0.000898. The first kappa shape index (κ1) is 63.7. The van der Waals surface area contributed by atoms with Gasteiger partial charge in [0.05, 0.1) is 6.10 Å². The number of rotatable bonds is 33. The average molecular weight is 1020 g/mol. The van der Waals surface area contributed by atoms with Crippen LogP contribution in [0.5, 0.6) is 0 Å². The van der Waals surface area contributed by atoms with Crippen LogP contribution < -0.4 is 65.5 Å². The van der Waals surface area contributed by atoms with E-state index >= 15 is 0 Å². The largest absolute Gasteiger partial charge is 0.391 e. The van der Waals surface area contributed by atoms with Crippen molar-refractivity contribution in [3.8, 4) is 0 Å². The summed E-state index contributed by atoms with van der Waals surface area (Å²) < 4.78 is 0. The zero-order valence-corrected chi connectivity index (χ0v) is 44.0. The molecule has 0 radical (unpaired) electrons. The highest BCUT2D eigenvalue weighted by atomic mass is 16.3. The van der Waals surface area contributed by atoms with Crippen LogP contribution in [0.1, 0.15) is 132 Å². The molecule has 0 spiro atoms. The van der Waals surface area contributed by atoms with Crippen molar-refractivity contribution >= 4 is 59.1 Å². The van der Waals surface area contributed by atoms with Crippen LogP contribution in [0.2, 0.25) is 0 Å². The standard InChI is InChI=1S/C49H86N14O9/c1-26(2)22-36(57-31(10)65)46(70)63-40(30(9)64)48(72)61-38(24-28(5)6)45(69)60-37(23-27(3)4)44(68)58-35(15-13-21-55-49(53)54)43(67)62-39(29(7)8)47(71)59-34(14-11-12-20-50)42(66)56-25-32-16-18-33(19-17-32)41(51)52/h16-19,26-30,34-40,64H,11-15,20-25,50H2,1-10H3,(H3,51,52)(H,56,66)(H,57,65)(H,58,68)(H,59,71)(H,60,69)(H,61,72)(H,62,67)(H,63,70)(H4,53,54,55)/t30-,34+,35+,36+,37+,38+,39+,40+/m1/s1. The molecular weight excluding hydrogens is 929 g/mol. The summed E-state index contributed by atoms with van der Waals surface area (Å²) in [6.45, 7) is 17.5. The first-order valence-corrected chi connectivity index (χ1v) is 24.9. The minimum atomic E-state index is -1.52. The summed E-state index contributed by atoms with van der Waals surface area (Å²) in [5.74, 6) is -6.49. The lowest BCUT2D eigenvalue weighted by molar-refractivity contribution is -0.137. The Morgan fingerprint density at radius 2 is 0.972 bits per heavy atom. The van der Waals surface area contributed by atoms with Crippen molar-refractivity contribution in [1.29, 1.82) is 5.41 Å². The lowest BCUT2D eigenvalue weighted by atomic mass is 9.98. The van der Waals surface area contributed by atoms with E-state index in [2.05, 4.69) is 47.5 Å². The summed E-state index contributed by atoms with van der Waals surface area (Å²) in [6, 6.07) is -1.67. The first-order valence-electron chi connectivity index (χ1n) is 24.9. The second-order valence-corrected chi connectivity index (χ2v) is 19.9. The number of hydrogen-bond acceptors (Lipinski definition) is 12. The Bertz CT molecular complexity index is 1970. The molecular formula is C49H86N14O9. The molecule has 8 amide bonds. The Labute approximate surface area is 425 Å². The van der Waals surface area contributed by atoms with Gasteiger partial charge in [0.15, 0.2) is 5.96 Å². The van der Waals surface area contributed by atoms with Crippen LogP contribution in [0.15, 0.2) is 29.3 Å². The maximum atomic E-state index is 14.3. The van der Waals surface area contributed by atoms with Gasteiger partial charge in [-0.3, -0.25) is 48.8 Å². The number of nitrogen functional groups attached to an aromatic ring is 1. The number of aliphatic hydroxyl groups is 1. The Kier molecular flexibility index (Phi) is 28.8. The summed E-state index contributed by atoms with van der Waals surface area (Å²) in [5, 5.41) is 39.8. The van der Waals surface area contributed by atoms with Gasteiger partial charge in [0.1, 0.15) is 48.1 Å². The molecule has 0 fully saturated rings. The predicted octanol–water partition coefficient (Wildman–Crippen LogP) is -0.642. The second-order valence-electron chi connectivity index (χ2n) is 19.9. The third-order valence-electron chi connectivity index (χ3n) is 11.3. The van der Waals surface area contributed by atoms with Crippen molar-refractivity contribution in [2.45, 2.75) is 176 Å². The van der Waals surface area contributed by atoms with Gasteiger partial charge in [0, 0.05) is 25.6 Å². The number of amidine groups is 1. The normalized spacial score (nSPS) is 14.6. The summed E-state index contributed by atoms with van der Waals surface area (Å²) in [5.41, 5.74) is 23.6. The van der Waals surface area contributed by atoms with Gasteiger partial charge in [-0.15, -0.1) is 0 Å². The SMILES string of the molecule is CC(=O)N[C@@H](CC(C)C)C(=O)N[C@H](C(=O)N[C@@H](CC(C)C)C(=O)N[C@@H](CC(C)C)C(=O)N[C@@H](CCCN=C(N)N)C(=O)N[C@H](C(=O)N[C@@H](CCCCN)C(=O)NCc1ccc(C(=N)N)cc1)C(C)C)[C@@H](C)O. The van der Waals surface area contributed by atoms with E-state index in [0.717, 1.165) is 5.56 Å². The van der Waals surface area contributed by atoms with Crippen LogP contribution in [0.3, 0.4) is 0 Å². The van der Waals surface area contributed by atoms with Crippen LogP contribution in [0.25, 0.3) is 0 Å². The number of nitrogens with one attached hydrogen (secondary N) is 9. The molecule has 0 aliphatic heterocycles. The molecule has 0 aliphatic rings. The maximum Gasteiger partial charge on any atom is 0.245 e. The topological polar surface area (TPSA) is 393 Å². The average Bonchev–Trinajstić information content (AvgIpc) is 3.27. The fourth-order valence-corrected chi connectivity index (χ4v) is 7.52. The lowest BCUT2D eigenvalue weighted by Crippen LogP contribution is -2.61. The fraction of sp³-hybridized carbons (Fsp3) is 0.673. The van der Waals surface area contributed by atoms with Crippen molar-refractivity contribution in [2.75, 3.05) is 13.1 Å². The zero-order valence-electron chi connectivity index (χ0n) is 44.0. The van der Waals surface area contributed by atoms with Crippen molar-refractivity contribution in [3.63, 3.8) is 0 Å². The van der Waals surface area contributed by atoms with Crippen molar-refractivity contribution < 1.29 is 43.5 Å². The molecule has 0 saturated heterocycles. The molecule has 0 unspecified atom stereocenters. The number of aliphatic imine (C=N–C) groups is 1. The molecule has 0 aromatic heterocycles. The maximum absolute atomic E-state index is 14.3. The lowest BCUT2D eigenvalue weighted by Gasteiger charge is -2.30. The minimum Gasteiger partial charge on any atom is -0.391 e. The van der Waals surface area contributed by atoms with E-state index in [4.69, 9.17) is 28.3 Å². The summed E-state index contributed by atoms with van der Waals surface area (Å²) in [7, 11) is 0. The number of aliphatic hydroxyl groups excluding tert-OH is 1. The van der Waals surface area contributed by atoms with E-state index in [9.17, 15) is 43.5 Å². The van der Waals surface area contributed by atoms with E-state index < -0.39 is 102 Å². The van der Waals surface area contributed by atoms with Gasteiger partial charge in [0.25, 0.3) is 0 Å². The Hall–Kier alpha value is -6.36. The van der Waals surface area contributed by atoms with E-state index in [1.54, 1.807) is 38.1 Å². The number of carbonyl (C=O) groups is 8. The van der Waals surface area contributed by atoms with Gasteiger partial charge in [0.2, 0.25) is 47.3 Å². The summed E-state index contributed by atoms with van der Waals surface area (Å²) in [6.07, 6.45) is 0.603. The number of guanidine groups is 1. The molecule has 23 nitrogen and oxygen atoms in total. The zero-order chi connectivity index (χ0) is 54.8. The van der Waals surface area contributed by atoms with Crippen LogP contribution in [-0.4, -0.2) is 126 Å². The van der Waals surface area contributed by atoms with Crippen molar-refractivity contribution in [1.82, 2.24) is 42.5 Å². The molecule has 406 valence electrons. The molecule has 1 rings (SSSR count). The van der Waals surface area contributed by atoms with Crippen LogP contribution in [0.4, 0.5) is 0 Å². The quantitative estimate of drug-likeness (QED) is 0.0237. The number of amides is 8. The first-order chi connectivity index (χ1) is 33.7. The molecule has 23 heteroatoms. The van der Waals surface area contributed by atoms with Crippen LogP contribution in [-0.2, 0) is 44.9 Å². The molecule has 0 aliphatic carbocycles. The van der Waals surface area contributed by atoms with Crippen LogP contribution >= 0.6 is 0 Å². The summed E-state index contributed by atoms with van der Waals surface area (Å²) >= 11 is 0. The predicted molar refractivity (Wildman–Crippen MR) is 276 cm³/mol. The summed E-state index contributed by atoms with van der Waals surface area (Å²) in [4.78, 5) is 113. The van der Waals surface area contributed by atoms with Gasteiger partial charge in [-0.2, -0.15) is 0 Å². The molecule has 1 aromatic carbocycles. The number of carbonyl (C=O) groups excluding carboxylic acids is 8. The van der Waals surface area contributed by atoms with E-state index in [-0.39, 0.29) is 81.2 Å². The molecule has 18 N–H and O–H groups in total. The van der Waals surface area contributed by atoms with Gasteiger partial charge in [-0.05, 0) is 94.1 Å². The number of nitrogens with two attached hydrogens (primary N) is 4. The van der Waals surface area contributed by atoms with E-state index in [1.165, 1.54) is 13.8 Å². The number of unbranched alkanes of at least 4 members (excludes halogenated alkanes) is 1. The molecule has 8 atom stereocenters. The smallest absolute Gasteiger partial charge is 0.245 e. The highest BCUT2D eigenvalue weighted by molar-refractivity contribution is 5.98. The van der Waals surface area contributed by atoms with E-state index in [1.807, 2.05) is 41.5 Å². The van der Waals surface area contributed by atoms with Crippen molar-refractivity contribution in [2.24, 2.45) is 51.6 Å².